The Kier molecular flexibility index (Phi) is 8.47. The molecule has 2 atom stereocenters. The minimum atomic E-state index is -0.875. The lowest BCUT2D eigenvalue weighted by atomic mass is 9.85. The molecule has 5 rings (SSSR count). The highest BCUT2D eigenvalue weighted by molar-refractivity contribution is 5.96. The van der Waals surface area contributed by atoms with Crippen molar-refractivity contribution in [3.63, 3.8) is 0 Å². The van der Waals surface area contributed by atoms with Gasteiger partial charge in [0.15, 0.2) is 0 Å². The second-order valence-electron chi connectivity index (χ2n) is 10.6. The molecule has 1 spiro atoms. The maximum Gasteiger partial charge on any atom is 0.242 e. The van der Waals surface area contributed by atoms with E-state index in [4.69, 9.17) is 10.5 Å². The molecule has 1 amide bonds. The van der Waals surface area contributed by atoms with E-state index < -0.39 is 11.9 Å². The van der Waals surface area contributed by atoms with Gasteiger partial charge >= 0.3 is 0 Å². The van der Waals surface area contributed by atoms with Gasteiger partial charge < -0.3 is 21.1 Å². The number of nitrogens with one attached hydrogen (secondary N) is 2. The first-order valence-corrected chi connectivity index (χ1v) is 13.7. The van der Waals surface area contributed by atoms with E-state index in [9.17, 15) is 9.18 Å². The molecular weight excluding hydrogens is 479 g/mol. The van der Waals surface area contributed by atoms with Crippen molar-refractivity contribution >= 4 is 11.6 Å². The number of amides is 1. The third-order valence-electron chi connectivity index (χ3n) is 7.95. The number of hydrogen-bond acceptors (Lipinski definition) is 5. The Hall–Kier alpha value is -3.13. The van der Waals surface area contributed by atoms with Gasteiger partial charge in [0.25, 0.3) is 0 Å². The van der Waals surface area contributed by atoms with Gasteiger partial charge in [-0.25, -0.2) is 4.39 Å². The van der Waals surface area contributed by atoms with Crippen molar-refractivity contribution in [1.82, 2.24) is 10.3 Å². The second kappa shape index (κ2) is 12.2. The highest BCUT2D eigenvalue weighted by Gasteiger charge is 2.39. The first kappa shape index (κ1) is 26.5. The maximum atomic E-state index is 14.9. The quantitative estimate of drug-likeness (QED) is 0.375. The molecular formula is C31H37FN4O2. The molecule has 7 heteroatoms. The number of morpholine rings is 1. The second-order valence-corrected chi connectivity index (χ2v) is 10.6. The number of rotatable bonds is 9. The summed E-state index contributed by atoms with van der Waals surface area (Å²) >= 11 is 0. The third kappa shape index (κ3) is 6.12. The molecule has 1 aliphatic heterocycles. The fraction of sp³-hybridized carbons (Fsp3) is 0.419. The lowest BCUT2D eigenvalue weighted by molar-refractivity contribution is -0.117. The zero-order valence-corrected chi connectivity index (χ0v) is 21.7. The number of nitrogens with zero attached hydrogens (tertiary/aromatic N) is 1. The van der Waals surface area contributed by atoms with Crippen LogP contribution in [0.2, 0.25) is 0 Å². The molecule has 6 nitrogen and oxygen atoms in total. The van der Waals surface area contributed by atoms with Crippen LogP contribution < -0.4 is 16.4 Å². The average molecular weight is 517 g/mol. The lowest BCUT2D eigenvalue weighted by Gasteiger charge is -2.39. The van der Waals surface area contributed by atoms with Crippen LogP contribution in [0.3, 0.4) is 0 Å². The van der Waals surface area contributed by atoms with Crippen molar-refractivity contribution in [3.8, 4) is 0 Å². The van der Waals surface area contributed by atoms with Gasteiger partial charge in [0.05, 0.1) is 35.8 Å². The van der Waals surface area contributed by atoms with Crippen molar-refractivity contribution < 1.29 is 13.9 Å². The molecule has 2 fully saturated rings. The SMILES string of the molecule is N[C@H](C(=O)Nc1cncc(F)c1CCC[C@@H]1CNCC2(CCCC2)O1)C(c1ccccc1)c1ccccc1. The van der Waals surface area contributed by atoms with Crippen LogP contribution in [-0.2, 0) is 16.0 Å². The number of halogens is 1. The first-order chi connectivity index (χ1) is 18.5. The van der Waals surface area contributed by atoms with E-state index in [1.807, 2.05) is 60.7 Å². The molecule has 38 heavy (non-hydrogen) atoms. The van der Waals surface area contributed by atoms with Gasteiger partial charge in [-0.1, -0.05) is 73.5 Å². The van der Waals surface area contributed by atoms with E-state index in [2.05, 4.69) is 15.6 Å². The smallest absolute Gasteiger partial charge is 0.242 e. The standard InChI is InChI=1S/C31H37FN4O2/c32-26-19-34-20-27(25(26)15-9-14-24-18-35-21-31(38-24)16-7-8-17-31)36-30(37)29(33)28(22-10-3-1-4-11-22)23-12-5-2-6-13-23/h1-6,10-13,19-20,24,28-29,35H,7-9,14-18,21,33H2,(H,36,37)/t24-,29+/m1/s1. The number of pyridine rings is 1. The van der Waals surface area contributed by atoms with Gasteiger partial charge in [-0.2, -0.15) is 0 Å². The molecule has 200 valence electrons. The van der Waals surface area contributed by atoms with Crippen LogP contribution in [0, 0.1) is 5.82 Å². The lowest BCUT2D eigenvalue weighted by Crippen LogP contribution is -2.52. The minimum absolute atomic E-state index is 0.0197. The third-order valence-corrected chi connectivity index (χ3v) is 7.95. The minimum Gasteiger partial charge on any atom is -0.369 e. The van der Waals surface area contributed by atoms with Crippen LogP contribution in [0.15, 0.2) is 73.1 Å². The summed E-state index contributed by atoms with van der Waals surface area (Å²) in [6, 6.07) is 18.6. The number of benzene rings is 2. The number of ether oxygens (including phenoxy) is 1. The topological polar surface area (TPSA) is 89.3 Å². The summed E-state index contributed by atoms with van der Waals surface area (Å²) in [7, 11) is 0. The molecule has 0 unspecified atom stereocenters. The van der Waals surface area contributed by atoms with Crippen molar-refractivity contribution in [3.05, 3.63) is 95.6 Å². The molecule has 2 aromatic carbocycles. The monoisotopic (exact) mass is 516 g/mol. The zero-order valence-electron chi connectivity index (χ0n) is 21.7. The molecule has 2 heterocycles. The summed E-state index contributed by atoms with van der Waals surface area (Å²) in [6.45, 7) is 1.74. The maximum absolute atomic E-state index is 14.9. The number of carbonyl (C=O) groups is 1. The van der Waals surface area contributed by atoms with Gasteiger partial charge in [-0.15, -0.1) is 0 Å². The first-order valence-electron chi connectivity index (χ1n) is 13.7. The van der Waals surface area contributed by atoms with E-state index in [0.717, 1.165) is 49.9 Å². The van der Waals surface area contributed by atoms with E-state index in [1.165, 1.54) is 25.2 Å². The summed E-state index contributed by atoms with van der Waals surface area (Å²) in [6.07, 6.45) is 9.54. The molecule has 1 saturated carbocycles. The van der Waals surface area contributed by atoms with Gasteiger partial charge in [-0.3, -0.25) is 9.78 Å². The number of anilines is 1. The van der Waals surface area contributed by atoms with E-state index in [-0.39, 0.29) is 23.5 Å². The van der Waals surface area contributed by atoms with Crippen molar-refractivity contribution in [2.45, 2.75) is 68.6 Å². The average Bonchev–Trinajstić information content (AvgIpc) is 3.38. The van der Waals surface area contributed by atoms with Crippen LogP contribution in [0.1, 0.15) is 61.1 Å². The van der Waals surface area contributed by atoms with Gasteiger partial charge in [0, 0.05) is 24.6 Å². The highest BCUT2D eigenvalue weighted by atomic mass is 19.1. The number of aromatic nitrogens is 1. The Morgan fingerprint density at radius 2 is 1.74 bits per heavy atom. The van der Waals surface area contributed by atoms with Crippen LogP contribution in [0.4, 0.5) is 10.1 Å². The van der Waals surface area contributed by atoms with Crippen molar-refractivity contribution in [1.29, 1.82) is 0 Å². The van der Waals surface area contributed by atoms with Crippen LogP contribution in [-0.4, -0.2) is 41.7 Å². The summed E-state index contributed by atoms with van der Waals surface area (Å²) in [5, 5.41) is 6.42. The Morgan fingerprint density at radius 1 is 1.08 bits per heavy atom. The van der Waals surface area contributed by atoms with Gasteiger partial charge in [-0.05, 0) is 43.2 Å². The number of hydrogen-bond donors (Lipinski definition) is 3. The van der Waals surface area contributed by atoms with Crippen LogP contribution >= 0.6 is 0 Å². The highest BCUT2D eigenvalue weighted by Crippen LogP contribution is 2.36. The molecule has 1 saturated heterocycles. The molecule has 0 bridgehead atoms. The molecule has 3 aromatic rings. The Morgan fingerprint density at radius 3 is 2.39 bits per heavy atom. The predicted octanol–water partition coefficient (Wildman–Crippen LogP) is 4.94. The van der Waals surface area contributed by atoms with Crippen LogP contribution in [0.25, 0.3) is 0 Å². The molecule has 0 radical (unpaired) electrons. The van der Waals surface area contributed by atoms with E-state index >= 15 is 0 Å². The fourth-order valence-corrected chi connectivity index (χ4v) is 6.00. The summed E-state index contributed by atoms with van der Waals surface area (Å²) in [4.78, 5) is 17.4. The van der Waals surface area contributed by atoms with E-state index in [1.54, 1.807) is 0 Å². The van der Waals surface area contributed by atoms with Crippen molar-refractivity contribution in [2.24, 2.45) is 5.73 Å². The Labute approximate surface area is 224 Å². The van der Waals surface area contributed by atoms with E-state index in [0.29, 0.717) is 17.7 Å². The zero-order chi connectivity index (χ0) is 26.4. The molecule has 4 N–H and O–H groups in total. The van der Waals surface area contributed by atoms with Crippen LogP contribution in [0.5, 0.6) is 0 Å². The fourth-order valence-electron chi connectivity index (χ4n) is 6.00. The normalized spacial score (nSPS) is 19.5. The van der Waals surface area contributed by atoms with Gasteiger partial charge in [0.1, 0.15) is 5.82 Å². The molecule has 1 aromatic heterocycles. The Balaban J connectivity index is 1.26. The number of nitrogens with two attached hydrogens (primary N) is 1. The molecule has 1 aliphatic carbocycles. The Bertz CT molecular complexity index is 1160. The predicted molar refractivity (Wildman–Crippen MR) is 147 cm³/mol. The summed E-state index contributed by atoms with van der Waals surface area (Å²) in [5.41, 5.74) is 9.27. The van der Waals surface area contributed by atoms with Gasteiger partial charge in [0.2, 0.25) is 5.91 Å². The number of carbonyl (C=O) groups excluding carboxylic acids is 1. The summed E-state index contributed by atoms with van der Waals surface area (Å²) < 4.78 is 21.4. The molecule has 2 aliphatic rings. The largest absolute Gasteiger partial charge is 0.369 e. The summed E-state index contributed by atoms with van der Waals surface area (Å²) in [5.74, 6) is -1.14. The van der Waals surface area contributed by atoms with Crippen molar-refractivity contribution in [2.75, 3.05) is 18.4 Å².